The molecule has 1 aliphatic heterocycles. The maximum absolute atomic E-state index is 11.7. The highest BCUT2D eigenvalue weighted by Gasteiger charge is 2.12. The molecule has 0 spiro atoms. The lowest BCUT2D eigenvalue weighted by Gasteiger charge is -2.25. The Balaban J connectivity index is 1.78. The van der Waals surface area contributed by atoms with E-state index in [0.717, 1.165) is 31.5 Å². The number of hydrazone groups is 1. The Labute approximate surface area is 123 Å². The minimum atomic E-state index is -0.965. The van der Waals surface area contributed by atoms with Gasteiger partial charge in [0.1, 0.15) is 0 Å². The summed E-state index contributed by atoms with van der Waals surface area (Å²) < 4.78 is 0. The Morgan fingerprint density at radius 2 is 1.86 bits per heavy atom. The predicted molar refractivity (Wildman–Crippen MR) is 79.4 cm³/mol. The average molecular weight is 289 g/mol. The lowest BCUT2D eigenvalue weighted by atomic mass is 10.1. The molecule has 1 heterocycles. The third-order valence-corrected chi connectivity index (χ3v) is 3.38. The molecule has 6 nitrogen and oxygen atoms in total. The summed E-state index contributed by atoms with van der Waals surface area (Å²) >= 11 is 0. The number of aromatic carboxylic acids is 1. The molecule has 2 N–H and O–H groups in total. The second kappa shape index (κ2) is 7.54. The summed E-state index contributed by atoms with van der Waals surface area (Å²) in [5.74, 6) is -1.09. The second-order valence-corrected chi connectivity index (χ2v) is 5.06. The van der Waals surface area contributed by atoms with Gasteiger partial charge < -0.3 is 5.11 Å². The lowest BCUT2D eigenvalue weighted by Crippen LogP contribution is -2.38. The summed E-state index contributed by atoms with van der Waals surface area (Å²) in [6.45, 7) is 2.30. The van der Waals surface area contributed by atoms with Crippen molar-refractivity contribution in [2.24, 2.45) is 5.10 Å². The minimum Gasteiger partial charge on any atom is -0.478 e. The van der Waals surface area contributed by atoms with Gasteiger partial charge in [-0.1, -0.05) is 18.6 Å². The number of piperidine rings is 1. The van der Waals surface area contributed by atoms with Gasteiger partial charge in [0, 0.05) is 0 Å². The molecule has 112 valence electrons. The van der Waals surface area contributed by atoms with E-state index in [1.165, 1.54) is 24.8 Å². The molecule has 1 amide bonds. The zero-order valence-corrected chi connectivity index (χ0v) is 11.8. The number of carbonyl (C=O) groups excluding carboxylic acids is 1. The van der Waals surface area contributed by atoms with Crippen LogP contribution in [0.5, 0.6) is 0 Å². The number of amides is 1. The van der Waals surface area contributed by atoms with Crippen LogP contribution in [0.15, 0.2) is 29.4 Å². The van der Waals surface area contributed by atoms with Crippen molar-refractivity contribution in [3.63, 3.8) is 0 Å². The Bertz CT molecular complexity index is 519. The molecular formula is C15H19N3O3. The maximum Gasteiger partial charge on any atom is 0.335 e. The molecule has 0 aliphatic carbocycles. The summed E-state index contributed by atoms with van der Waals surface area (Å²) in [6, 6.07) is 6.28. The van der Waals surface area contributed by atoms with Crippen molar-refractivity contribution in [3.05, 3.63) is 35.4 Å². The smallest absolute Gasteiger partial charge is 0.335 e. The quantitative estimate of drug-likeness (QED) is 0.632. The van der Waals surface area contributed by atoms with Crippen molar-refractivity contribution in [2.45, 2.75) is 19.3 Å². The number of likely N-dealkylation sites (tertiary alicyclic amines) is 1. The highest BCUT2D eigenvalue weighted by molar-refractivity contribution is 5.89. The molecule has 1 saturated heterocycles. The van der Waals surface area contributed by atoms with Crippen LogP contribution in [0.25, 0.3) is 0 Å². The summed E-state index contributed by atoms with van der Waals surface area (Å²) in [7, 11) is 0. The number of benzene rings is 1. The molecular weight excluding hydrogens is 270 g/mol. The van der Waals surface area contributed by atoms with Crippen molar-refractivity contribution >= 4 is 18.1 Å². The number of rotatable bonds is 5. The van der Waals surface area contributed by atoms with E-state index in [4.69, 9.17) is 5.11 Å². The van der Waals surface area contributed by atoms with Gasteiger partial charge in [-0.2, -0.15) is 5.10 Å². The molecule has 6 heteroatoms. The predicted octanol–water partition coefficient (Wildman–Crippen LogP) is 1.32. The van der Waals surface area contributed by atoms with E-state index in [9.17, 15) is 9.59 Å². The van der Waals surface area contributed by atoms with Crippen molar-refractivity contribution in [3.8, 4) is 0 Å². The van der Waals surface area contributed by atoms with E-state index < -0.39 is 5.97 Å². The molecule has 0 saturated carbocycles. The number of carboxylic acids is 1. The van der Waals surface area contributed by atoms with Gasteiger partial charge in [-0.3, -0.25) is 9.69 Å². The third-order valence-electron chi connectivity index (χ3n) is 3.38. The molecule has 1 fully saturated rings. The standard InChI is InChI=1S/C15H19N3O3/c19-14(11-18-8-2-1-3-9-18)17-16-10-12-4-6-13(7-5-12)15(20)21/h4-7,10H,1-3,8-9,11H2,(H,17,19)(H,20,21)/b16-10-. The first-order chi connectivity index (χ1) is 10.1. The van der Waals surface area contributed by atoms with Crippen LogP contribution in [-0.2, 0) is 4.79 Å². The molecule has 1 aliphatic rings. The van der Waals surface area contributed by atoms with E-state index in [1.54, 1.807) is 12.1 Å². The fourth-order valence-electron chi connectivity index (χ4n) is 2.25. The topological polar surface area (TPSA) is 82.0 Å². The Morgan fingerprint density at radius 1 is 1.19 bits per heavy atom. The first-order valence-corrected chi connectivity index (χ1v) is 7.03. The van der Waals surface area contributed by atoms with Crippen molar-refractivity contribution in [2.75, 3.05) is 19.6 Å². The van der Waals surface area contributed by atoms with Gasteiger partial charge in [0.25, 0.3) is 5.91 Å². The van der Waals surface area contributed by atoms with Gasteiger partial charge in [-0.15, -0.1) is 0 Å². The first kappa shape index (κ1) is 15.2. The fourth-order valence-corrected chi connectivity index (χ4v) is 2.25. The van der Waals surface area contributed by atoms with Gasteiger partial charge >= 0.3 is 5.97 Å². The number of hydrogen-bond acceptors (Lipinski definition) is 4. The molecule has 1 aromatic carbocycles. The molecule has 1 aromatic rings. The van der Waals surface area contributed by atoms with Crippen LogP contribution < -0.4 is 5.43 Å². The molecule has 2 rings (SSSR count). The monoisotopic (exact) mass is 289 g/mol. The summed E-state index contributed by atoms with van der Waals surface area (Å²) in [4.78, 5) is 24.5. The highest BCUT2D eigenvalue weighted by Crippen LogP contribution is 2.07. The van der Waals surface area contributed by atoms with Crippen molar-refractivity contribution in [1.82, 2.24) is 10.3 Å². The maximum atomic E-state index is 11.7. The van der Waals surface area contributed by atoms with Crippen molar-refractivity contribution < 1.29 is 14.7 Å². The van der Waals surface area contributed by atoms with Crippen LogP contribution in [0.4, 0.5) is 0 Å². The van der Waals surface area contributed by atoms with E-state index in [2.05, 4.69) is 15.4 Å². The fraction of sp³-hybridized carbons (Fsp3) is 0.400. The van der Waals surface area contributed by atoms with E-state index in [1.807, 2.05) is 0 Å². The average Bonchev–Trinajstić information content (AvgIpc) is 2.49. The SMILES string of the molecule is O=C(CN1CCCCC1)N/N=C\c1ccc(C(=O)O)cc1. The Kier molecular flexibility index (Phi) is 5.45. The third kappa shape index (κ3) is 5.00. The molecule has 21 heavy (non-hydrogen) atoms. The highest BCUT2D eigenvalue weighted by atomic mass is 16.4. The lowest BCUT2D eigenvalue weighted by molar-refractivity contribution is -0.122. The number of carboxylic acid groups (broad SMARTS) is 1. The van der Waals surface area contributed by atoms with E-state index >= 15 is 0 Å². The number of nitrogens with one attached hydrogen (secondary N) is 1. The largest absolute Gasteiger partial charge is 0.478 e. The van der Waals surface area contributed by atoms with Crippen LogP contribution in [-0.4, -0.2) is 47.7 Å². The molecule has 0 atom stereocenters. The molecule has 0 bridgehead atoms. The van der Waals surface area contributed by atoms with Crippen molar-refractivity contribution in [1.29, 1.82) is 0 Å². The minimum absolute atomic E-state index is 0.129. The summed E-state index contributed by atoms with van der Waals surface area (Å²) in [5.41, 5.74) is 3.45. The summed E-state index contributed by atoms with van der Waals surface area (Å²) in [6.07, 6.45) is 5.03. The normalized spacial score (nSPS) is 16.0. The van der Waals surface area contributed by atoms with Gasteiger partial charge in [0.05, 0.1) is 18.3 Å². The Morgan fingerprint density at radius 3 is 2.48 bits per heavy atom. The molecule has 0 radical (unpaired) electrons. The van der Waals surface area contributed by atoms with Gasteiger partial charge in [-0.05, 0) is 43.6 Å². The zero-order chi connectivity index (χ0) is 15.1. The molecule has 0 unspecified atom stereocenters. The van der Waals surface area contributed by atoms with Crippen LogP contribution in [0.2, 0.25) is 0 Å². The van der Waals surface area contributed by atoms with Crippen LogP contribution >= 0.6 is 0 Å². The van der Waals surface area contributed by atoms with Gasteiger partial charge in [0.15, 0.2) is 0 Å². The zero-order valence-electron chi connectivity index (χ0n) is 11.8. The molecule has 0 aromatic heterocycles. The van der Waals surface area contributed by atoms with E-state index in [0.29, 0.717) is 6.54 Å². The Hall–Kier alpha value is -2.21. The van der Waals surface area contributed by atoms with Gasteiger partial charge in [-0.25, -0.2) is 10.2 Å². The summed E-state index contributed by atoms with van der Waals surface area (Å²) in [5, 5.41) is 12.7. The van der Waals surface area contributed by atoms with E-state index in [-0.39, 0.29) is 11.5 Å². The number of nitrogens with zero attached hydrogens (tertiary/aromatic N) is 2. The number of carbonyl (C=O) groups is 2. The first-order valence-electron chi connectivity index (χ1n) is 7.03. The second-order valence-electron chi connectivity index (χ2n) is 5.06. The van der Waals surface area contributed by atoms with Gasteiger partial charge in [0.2, 0.25) is 0 Å². The van der Waals surface area contributed by atoms with Crippen LogP contribution in [0.1, 0.15) is 35.2 Å². The number of hydrogen-bond donors (Lipinski definition) is 2. The van der Waals surface area contributed by atoms with Crippen LogP contribution in [0, 0.1) is 0 Å². The van der Waals surface area contributed by atoms with Crippen LogP contribution in [0.3, 0.4) is 0 Å².